The monoisotopic (exact) mass is 416 g/mol. The highest BCUT2D eigenvalue weighted by atomic mass is 32.2. The molecule has 0 unspecified atom stereocenters. The molecule has 0 spiro atoms. The summed E-state index contributed by atoms with van der Waals surface area (Å²) in [6, 6.07) is 3.50. The van der Waals surface area contributed by atoms with Crippen molar-refractivity contribution in [1.29, 1.82) is 0 Å². The Morgan fingerprint density at radius 2 is 1.54 bits per heavy atom. The largest absolute Gasteiger partial charge is 0.322 e. The molecule has 5 nitrogen and oxygen atoms in total. The number of benzene rings is 2. The van der Waals surface area contributed by atoms with E-state index in [1.54, 1.807) is 0 Å². The van der Waals surface area contributed by atoms with Crippen molar-refractivity contribution in [3.05, 3.63) is 59.2 Å². The highest BCUT2D eigenvalue weighted by Gasteiger charge is 2.26. The van der Waals surface area contributed by atoms with Crippen LogP contribution in [0.3, 0.4) is 0 Å². The van der Waals surface area contributed by atoms with Gasteiger partial charge in [-0.3, -0.25) is 4.79 Å². The van der Waals surface area contributed by atoms with Gasteiger partial charge in [-0.2, -0.15) is 0 Å². The third-order valence-electron chi connectivity index (χ3n) is 4.40. The Labute approximate surface area is 158 Å². The molecule has 150 valence electrons. The average molecular weight is 416 g/mol. The predicted octanol–water partition coefficient (Wildman–Crippen LogP) is 3.72. The molecule has 1 aliphatic rings. The predicted molar refractivity (Wildman–Crippen MR) is 93.2 cm³/mol. The first-order chi connectivity index (χ1) is 13.2. The first kappa shape index (κ1) is 20.3. The summed E-state index contributed by atoms with van der Waals surface area (Å²) in [5.74, 6) is -6.67. The minimum Gasteiger partial charge on any atom is -0.322 e. The topological polar surface area (TPSA) is 75.3 Å². The molecule has 1 saturated carbocycles. The summed E-state index contributed by atoms with van der Waals surface area (Å²) >= 11 is 0. The number of carbonyl (C=O) groups excluding carboxylic acids is 1. The molecule has 0 saturated heterocycles. The standard InChI is InChI=1S/C18H16F4N2O3S/c19-13-6-5-10(7-16(13)28(26,27)24-11-3-1-2-4-11)18(25)23-12-8-14(20)17(22)15(21)9-12/h5-9,11,24H,1-4H2,(H,23,25). The number of rotatable bonds is 5. The maximum atomic E-state index is 14.1. The maximum Gasteiger partial charge on any atom is 0.255 e. The van der Waals surface area contributed by atoms with Gasteiger partial charge in [-0.1, -0.05) is 12.8 Å². The van der Waals surface area contributed by atoms with Gasteiger partial charge in [0, 0.05) is 29.4 Å². The van der Waals surface area contributed by atoms with Crippen LogP contribution in [-0.4, -0.2) is 20.4 Å². The van der Waals surface area contributed by atoms with E-state index in [0.717, 1.165) is 31.0 Å². The minimum absolute atomic E-state index is 0.252. The first-order valence-electron chi connectivity index (χ1n) is 8.45. The summed E-state index contributed by atoms with van der Waals surface area (Å²) in [4.78, 5) is 11.6. The molecular weight excluding hydrogens is 400 g/mol. The number of nitrogens with one attached hydrogen (secondary N) is 2. The van der Waals surface area contributed by atoms with Crippen LogP contribution in [0.4, 0.5) is 23.2 Å². The van der Waals surface area contributed by atoms with E-state index in [0.29, 0.717) is 25.0 Å². The van der Waals surface area contributed by atoms with Gasteiger partial charge in [0.15, 0.2) is 17.5 Å². The molecule has 2 N–H and O–H groups in total. The summed E-state index contributed by atoms with van der Waals surface area (Å²) in [7, 11) is -4.20. The lowest BCUT2D eigenvalue weighted by Crippen LogP contribution is -2.33. The fourth-order valence-electron chi connectivity index (χ4n) is 3.01. The van der Waals surface area contributed by atoms with E-state index in [-0.39, 0.29) is 17.3 Å². The van der Waals surface area contributed by atoms with Gasteiger partial charge in [0.1, 0.15) is 10.7 Å². The Balaban J connectivity index is 1.85. The lowest BCUT2D eigenvalue weighted by atomic mass is 10.2. The van der Waals surface area contributed by atoms with Gasteiger partial charge in [-0.15, -0.1) is 0 Å². The van der Waals surface area contributed by atoms with Gasteiger partial charge < -0.3 is 5.32 Å². The zero-order valence-corrected chi connectivity index (χ0v) is 15.3. The van der Waals surface area contributed by atoms with E-state index in [2.05, 4.69) is 10.0 Å². The Bertz CT molecular complexity index is 998. The normalized spacial score (nSPS) is 15.0. The van der Waals surface area contributed by atoms with Crippen LogP contribution in [0, 0.1) is 23.3 Å². The molecule has 0 atom stereocenters. The average Bonchev–Trinajstić information content (AvgIpc) is 3.12. The Kier molecular flexibility index (Phi) is 5.71. The van der Waals surface area contributed by atoms with Crippen molar-refractivity contribution in [2.45, 2.75) is 36.6 Å². The molecule has 3 rings (SSSR count). The number of halogens is 4. The van der Waals surface area contributed by atoms with E-state index in [1.165, 1.54) is 0 Å². The first-order valence-corrected chi connectivity index (χ1v) is 9.93. The van der Waals surface area contributed by atoms with Crippen LogP contribution in [0.15, 0.2) is 35.2 Å². The van der Waals surface area contributed by atoms with Gasteiger partial charge in [-0.25, -0.2) is 30.7 Å². The molecule has 2 aromatic carbocycles. The van der Waals surface area contributed by atoms with Crippen LogP contribution < -0.4 is 10.0 Å². The third kappa shape index (κ3) is 4.33. The van der Waals surface area contributed by atoms with Crippen molar-refractivity contribution in [3.8, 4) is 0 Å². The summed E-state index contributed by atoms with van der Waals surface area (Å²) in [5, 5.41) is 2.12. The maximum absolute atomic E-state index is 14.1. The molecule has 1 fully saturated rings. The van der Waals surface area contributed by atoms with Crippen molar-refractivity contribution >= 4 is 21.6 Å². The van der Waals surface area contributed by atoms with E-state index < -0.39 is 44.1 Å². The SMILES string of the molecule is O=C(Nc1cc(F)c(F)c(F)c1)c1ccc(F)c(S(=O)(=O)NC2CCCC2)c1. The molecule has 0 heterocycles. The number of anilines is 1. The second-order valence-electron chi connectivity index (χ2n) is 6.46. The molecule has 0 bridgehead atoms. The number of hydrogen-bond acceptors (Lipinski definition) is 3. The molecule has 0 radical (unpaired) electrons. The van der Waals surface area contributed by atoms with Gasteiger partial charge in [0.2, 0.25) is 10.0 Å². The van der Waals surface area contributed by atoms with Crippen molar-refractivity contribution in [1.82, 2.24) is 4.72 Å². The molecule has 2 aromatic rings. The van der Waals surface area contributed by atoms with Crippen molar-refractivity contribution < 1.29 is 30.8 Å². The fourth-order valence-corrected chi connectivity index (χ4v) is 4.42. The van der Waals surface area contributed by atoms with Crippen LogP contribution in [0.2, 0.25) is 0 Å². The van der Waals surface area contributed by atoms with Crippen molar-refractivity contribution in [2.75, 3.05) is 5.32 Å². The molecule has 1 amide bonds. The summed E-state index contributed by atoms with van der Waals surface area (Å²) < 4.78 is 80.9. The van der Waals surface area contributed by atoms with Crippen molar-refractivity contribution in [3.63, 3.8) is 0 Å². The van der Waals surface area contributed by atoms with E-state index >= 15 is 0 Å². The van der Waals surface area contributed by atoms with Crippen LogP contribution in [0.25, 0.3) is 0 Å². The van der Waals surface area contributed by atoms with Crippen molar-refractivity contribution in [2.24, 2.45) is 0 Å². The third-order valence-corrected chi connectivity index (χ3v) is 5.94. The second kappa shape index (κ2) is 7.88. The number of hydrogen-bond donors (Lipinski definition) is 2. The second-order valence-corrected chi connectivity index (χ2v) is 8.14. The summed E-state index contributed by atoms with van der Waals surface area (Å²) in [6.45, 7) is 0. The summed E-state index contributed by atoms with van der Waals surface area (Å²) in [5.41, 5.74) is -0.627. The smallest absolute Gasteiger partial charge is 0.255 e. The highest BCUT2D eigenvalue weighted by molar-refractivity contribution is 7.89. The van der Waals surface area contributed by atoms with Gasteiger partial charge >= 0.3 is 0 Å². The highest BCUT2D eigenvalue weighted by Crippen LogP contribution is 2.23. The molecule has 1 aliphatic carbocycles. The quantitative estimate of drug-likeness (QED) is 0.576. The fraction of sp³-hybridized carbons (Fsp3) is 0.278. The zero-order valence-electron chi connectivity index (χ0n) is 14.4. The lowest BCUT2D eigenvalue weighted by molar-refractivity contribution is 0.102. The van der Waals surface area contributed by atoms with E-state index in [9.17, 15) is 30.8 Å². The molecule has 0 aromatic heterocycles. The molecule has 28 heavy (non-hydrogen) atoms. The minimum atomic E-state index is -4.20. The van der Waals surface area contributed by atoms with E-state index in [1.807, 2.05) is 0 Å². The Morgan fingerprint density at radius 3 is 2.14 bits per heavy atom. The van der Waals surface area contributed by atoms with Crippen LogP contribution in [0.5, 0.6) is 0 Å². The number of sulfonamides is 1. The summed E-state index contributed by atoms with van der Waals surface area (Å²) in [6.07, 6.45) is 3.01. The Morgan fingerprint density at radius 1 is 0.929 bits per heavy atom. The zero-order chi connectivity index (χ0) is 20.5. The van der Waals surface area contributed by atoms with Crippen LogP contribution in [-0.2, 0) is 10.0 Å². The van der Waals surface area contributed by atoms with Gasteiger partial charge in [0.25, 0.3) is 5.91 Å². The lowest BCUT2D eigenvalue weighted by Gasteiger charge is -2.14. The Hall–Kier alpha value is -2.46. The van der Waals surface area contributed by atoms with Gasteiger partial charge in [-0.05, 0) is 31.0 Å². The van der Waals surface area contributed by atoms with Crippen LogP contribution in [0.1, 0.15) is 36.0 Å². The molecular formula is C18H16F4N2O3S. The number of amides is 1. The van der Waals surface area contributed by atoms with Gasteiger partial charge in [0.05, 0.1) is 0 Å². The van der Waals surface area contributed by atoms with E-state index in [4.69, 9.17) is 0 Å². The number of carbonyl (C=O) groups is 1. The molecule has 10 heteroatoms. The molecule has 0 aliphatic heterocycles. The van der Waals surface area contributed by atoms with Crippen LogP contribution >= 0.6 is 0 Å².